The van der Waals surface area contributed by atoms with Crippen molar-refractivity contribution in [2.24, 2.45) is 9.98 Å². The Morgan fingerprint density at radius 2 is 1.64 bits per heavy atom. The van der Waals surface area contributed by atoms with Crippen molar-refractivity contribution < 1.29 is 14.6 Å². The molecule has 1 aliphatic rings. The number of benzene rings is 1. The van der Waals surface area contributed by atoms with Gasteiger partial charge in [-0.05, 0) is 70.7 Å². The molecule has 0 spiro atoms. The van der Waals surface area contributed by atoms with Crippen LogP contribution in [0.1, 0.15) is 81.2 Å². The van der Waals surface area contributed by atoms with E-state index in [-0.39, 0.29) is 0 Å². The molecule has 0 bridgehead atoms. The third-order valence-corrected chi connectivity index (χ3v) is 4.14. The summed E-state index contributed by atoms with van der Waals surface area (Å²) < 4.78 is 5.40. The predicted octanol–water partition coefficient (Wildman–Crippen LogP) is 8.97. The van der Waals surface area contributed by atoms with Gasteiger partial charge in [-0.15, -0.1) is 0 Å². The van der Waals surface area contributed by atoms with Gasteiger partial charge in [0.25, 0.3) is 0 Å². The molecular formula is C33H57N3O3. The van der Waals surface area contributed by atoms with Gasteiger partial charge in [0.15, 0.2) is 0 Å². The first-order valence-corrected chi connectivity index (χ1v) is 14.0. The molecule has 222 valence electrons. The van der Waals surface area contributed by atoms with Crippen molar-refractivity contribution in [3.63, 3.8) is 0 Å². The third-order valence-electron chi connectivity index (χ3n) is 4.14. The number of aliphatic hydroxyl groups is 1. The number of aliphatic hydroxyl groups excluding tert-OH is 1. The molecule has 0 saturated carbocycles. The largest absolute Gasteiger partial charge is 0.508 e. The minimum absolute atomic E-state index is 0.337. The summed E-state index contributed by atoms with van der Waals surface area (Å²) in [6.07, 6.45) is 10.6. The molecule has 0 atom stereocenters. The van der Waals surface area contributed by atoms with Crippen molar-refractivity contribution in [3.05, 3.63) is 77.1 Å². The lowest BCUT2D eigenvalue weighted by Crippen LogP contribution is -2.06. The Kier molecular flexibility index (Phi) is 38.2. The lowest BCUT2D eigenvalue weighted by molar-refractivity contribution is -0.104. The molecule has 0 aliphatic heterocycles. The summed E-state index contributed by atoms with van der Waals surface area (Å²) in [5.74, 6) is 0.337. The number of carbonyl (C=O) groups excluding carboxylic acids is 1. The van der Waals surface area contributed by atoms with E-state index in [0.29, 0.717) is 32.1 Å². The molecule has 0 heterocycles. The van der Waals surface area contributed by atoms with E-state index in [4.69, 9.17) is 4.74 Å². The average Bonchev–Trinajstić information content (AvgIpc) is 3.18. The number of para-hydroxylation sites is 1. The first-order chi connectivity index (χ1) is 18.9. The van der Waals surface area contributed by atoms with Crippen LogP contribution in [0.3, 0.4) is 0 Å². The highest BCUT2D eigenvalue weighted by Crippen LogP contribution is 2.16. The van der Waals surface area contributed by atoms with Gasteiger partial charge in [-0.1, -0.05) is 77.5 Å². The highest BCUT2D eigenvalue weighted by Gasteiger charge is 2.01. The first-order valence-electron chi connectivity index (χ1n) is 14.0. The SMILES string of the molecule is C=NC.CC.CC.CC.CC(C)=NCC1=CCC=C(O)C=C1.CCOCc1ccccc1NC/C(C)=C/C=O. The molecule has 1 aromatic rings. The Morgan fingerprint density at radius 1 is 1.05 bits per heavy atom. The number of allylic oxidation sites excluding steroid dienone is 4. The van der Waals surface area contributed by atoms with Crippen molar-refractivity contribution in [2.75, 3.05) is 32.1 Å². The highest BCUT2D eigenvalue weighted by molar-refractivity contribution is 5.79. The lowest BCUT2D eigenvalue weighted by atomic mass is 10.2. The Morgan fingerprint density at radius 3 is 2.18 bits per heavy atom. The van der Waals surface area contributed by atoms with E-state index in [9.17, 15) is 9.90 Å². The second-order valence-electron chi connectivity index (χ2n) is 7.35. The number of hydrogen-bond acceptors (Lipinski definition) is 6. The molecule has 2 N–H and O–H groups in total. The molecule has 6 nitrogen and oxygen atoms in total. The van der Waals surface area contributed by atoms with Crippen LogP contribution in [-0.2, 0) is 16.1 Å². The summed E-state index contributed by atoms with van der Waals surface area (Å²) in [4.78, 5) is 17.9. The number of carbonyl (C=O) groups is 1. The van der Waals surface area contributed by atoms with E-state index in [1.165, 1.54) is 0 Å². The van der Waals surface area contributed by atoms with Gasteiger partial charge in [-0.2, -0.15) is 0 Å². The predicted molar refractivity (Wildman–Crippen MR) is 176 cm³/mol. The lowest BCUT2D eigenvalue weighted by Gasteiger charge is -2.11. The van der Waals surface area contributed by atoms with Crippen LogP contribution < -0.4 is 5.32 Å². The maximum absolute atomic E-state index is 10.3. The topological polar surface area (TPSA) is 83.3 Å². The van der Waals surface area contributed by atoms with E-state index in [1.54, 1.807) is 25.3 Å². The molecule has 0 saturated heterocycles. The number of aliphatic imine (C=N–C) groups is 2. The van der Waals surface area contributed by atoms with Crippen LogP contribution in [0.2, 0.25) is 0 Å². The van der Waals surface area contributed by atoms with Crippen LogP contribution in [0.5, 0.6) is 0 Å². The zero-order chi connectivity index (χ0) is 30.9. The second-order valence-corrected chi connectivity index (χ2v) is 7.35. The van der Waals surface area contributed by atoms with E-state index < -0.39 is 0 Å². The van der Waals surface area contributed by atoms with E-state index in [1.807, 2.05) is 99.6 Å². The fraction of sp³-hybridized carbons (Fsp3) is 0.485. The molecule has 2 rings (SSSR count). The number of hydrogen-bond donors (Lipinski definition) is 2. The van der Waals surface area contributed by atoms with E-state index >= 15 is 0 Å². The standard InChI is InChI=1S/C14H19NO2.C11H15NO.C2H5N.3C2H6/c1-3-17-11-13-6-4-5-7-14(13)15-10-12(2)8-9-16;1-9(2)12-8-10-4-3-5-11(13)7-6-10;1-3-2;3*1-2/h4-9,15H,3,10-11H2,1-2H3;4-7,13H,3,8H2,1-2H3;1H2,2H3;3*1-2H3/b12-8+;;;;;. The summed E-state index contributed by atoms with van der Waals surface area (Å²) in [7, 11) is 1.64. The fourth-order valence-electron chi connectivity index (χ4n) is 2.47. The second kappa shape index (κ2) is 34.8. The van der Waals surface area contributed by atoms with Crippen molar-refractivity contribution in [1.82, 2.24) is 0 Å². The molecule has 1 aliphatic carbocycles. The molecule has 0 aromatic heterocycles. The number of aldehydes is 1. The van der Waals surface area contributed by atoms with Crippen molar-refractivity contribution >= 4 is 24.4 Å². The van der Waals surface area contributed by atoms with E-state index in [2.05, 4.69) is 28.1 Å². The van der Waals surface area contributed by atoms with E-state index in [0.717, 1.165) is 40.8 Å². The van der Waals surface area contributed by atoms with Crippen LogP contribution in [0.4, 0.5) is 5.69 Å². The Balaban J connectivity index is -0.000000247. The molecule has 0 fully saturated rings. The minimum Gasteiger partial charge on any atom is -0.508 e. The third kappa shape index (κ3) is 29.2. The van der Waals surface area contributed by atoms with Crippen LogP contribution in [0.25, 0.3) is 0 Å². The monoisotopic (exact) mass is 543 g/mol. The van der Waals surface area contributed by atoms with Crippen LogP contribution in [0.15, 0.2) is 81.5 Å². The zero-order valence-electron chi connectivity index (χ0n) is 26.7. The number of rotatable bonds is 9. The number of anilines is 1. The van der Waals surface area contributed by atoms with Gasteiger partial charge in [-0.3, -0.25) is 9.79 Å². The summed E-state index contributed by atoms with van der Waals surface area (Å²) in [5, 5.41) is 12.5. The van der Waals surface area contributed by atoms with Gasteiger partial charge in [0.05, 0.1) is 13.2 Å². The van der Waals surface area contributed by atoms with Gasteiger partial charge in [0, 0.05) is 37.2 Å². The van der Waals surface area contributed by atoms with Crippen molar-refractivity contribution in [3.8, 4) is 0 Å². The van der Waals surface area contributed by atoms with Crippen LogP contribution in [-0.4, -0.2) is 50.6 Å². The van der Waals surface area contributed by atoms with Crippen LogP contribution >= 0.6 is 0 Å². The molecule has 0 unspecified atom stereocenters. The van der Waals surface area contributed by atoms with Crippen molar-refractivity contribution in [2.45, 2.75) is 82.3 Å². The fourth-order valence-corrected chi connectivity index (χ4v) is 2.47. The average molecular weight is 544 g/mol. The summed E-state index contributed by atoms with van der Waals surface area (Å²) in [5.41, 5.74) is 5.43. The summed E-state index contributed by atoms with van der Waals surface area (Å²) in [6, 6.07) is 8.03. The smallest absolute Gasteiger partial charge is 0.142 e. The summed E-state index contributed by atoms with van der Waals surface area (Å²) >= 11 is 0. The number of ether oxygens (including phenoxy) is 1. The van der Waals surface area contributed by atoms with Gasteiger partial charge in [-0.25, -0.2) is 0 Å². The molecule has 39 heavy (non-hydrogen) atoms. The Hall–Kier alpha value is -3.25. The Labute approximate surface area is 240 Å². The molecule has 0 amide bonds. The maximum atomic E-state index is 10.3. The van der Waals surface area contributed by atoms with Gasteiger partial charge in [0.1, 0.15) is 12.0 Å². The quantitative estimate of drug-likeness (QED) is 0.185. The van der Waals surface area contributed by atoms with Gasteiger partial charge >= 0.3 is 0 Å². The van der Waals surface area contributed by atoms with Gasteiger partial charge in [0.2, 0.25) is 0 Å². The first kappa shape index (κ1) is 42.8. The summed E-state index contributed by atoms with van der Waals surface area (Å²) in [6.45, 7) is 25.7. The zero-order valence-corrected chi connectivity index (χ0v) is 26.7. The molecule has 6 heteroatoms. The molecule has 1 aromatic carbocycles. The molecular weight excluding hydrogens is 486 g/mol. The number of nitrogens with zero attached hydrogens (tertiary/aromatic N) is 2. The maximum Gasteiger partial charge on any atom is 0.142 e. The highest BCUT2D eigenvalue weighted by atomic mass is 16.5. The van der Waals surface area contributed by atoms with Crippen LogP contribution in [0, 0.1) is 0 Å². The normalized spacial score (nSPS) is 11.0. The number of nitrogens with one attached hydrogen (secondary N) is 1. The Bertz CT molecular complexity index is 863. The van der Waals surface area contributed by atoms with Gasteiger partial charge < -0.3 is 20.2 Å². The van der Waals surface area contributed by atoms with Crippen molar-refractivity contribution in [1.29, 1.82) is 0 Å². The molecule has 0 radical (unpaired) electrons. The minimum atomic E-state index is 0.337.